The van der Waals surface area contributed by atoms with Gasteiger partial charge in [-0.2, -0.15) is 5.21 Å². The summed E-state index contributed by atoms with van der Waals surface area (Å²) in [7, 11) is -3.68. The molecule has 2 heterocycles. The van der Waals surface area contributed by atoms with Crippen molar-refractivity contribution in [2.45, 2.75) is 25.0 Å². The third kappa shape index (κ3) is 3.79. The van der Waals surface area contributed by atoms with Crippen molar-refractivity contribution in [1.82, 2.24) is 35.6 Å². The first-order valence-corrected chi connectivity index (χ1v) is 7.48. The van der Waals surface area contributed by atoms with E-state index in [9.17, 15) is 8.42 Å². The molecule has 10 heteroatoms. The minimum absolute atomic E-state index is 0.0405. The molecule has 0 atom stereocenters. The van der Waals surface area contributed by atoms with Crippen LogP contribution in [0.4, 0.5) is 0 Å². The minimum atomic E-state index is -3.68. The van der Waals surface area contributed by atoms with Crippen molar-refractivity contribution < 1.29 is 8.42 Å². The van der Waals surface area contributed by atoms with E-state index in [4.69, 9.17) is 0 Å². The normalized spacial score (nSPS) is 11.7. The number of hydrogen-bond donors (Lipinski definition) is 3. The molecule has 0 aliphatic heterocycles. The van der Waals surface area contributed by atoms with Crippen LogP contribution in [0, 0.1) is 0 Å². The lowest BCUT2D eigenvalue weighted by Crippen LogP contribution is -2.25. The molecule has 0 saturated carbocycles. The lowest BCUT2D eigenvalue weighted by atomic mass is 10.3. The zero-order chi connectivity index (χ0) is 14.4. The summed E-state index contributed by atoms with van der Waals surface area (Å²) >= 11 is 0. The summed E-state index contributed by atoms with van der Waals surface area (Å²) in [5.74, 6) is 0.261. The van der Waals surface area contributed by atoms with Crippen molar-refractivity contribution >= 4 is 10.0 Å². The Kier molecular flexibility index (Phi) is 4.71. The molecule has 0 radical (unpaired) electrons. The topological polar surface area (TPSA) is 126 Å². The van der Waals surface area contributed by atoms with Gasteiger partial charge in [-0.25, -0.2) is 18.1 Å². The highest BCUT2D eigenvalue weighted by Crippen LogP contribution is 2.07. The number of sulfonamides is 1. The molecule has 0 amide bonds. The Balaban J connectivity index is 2.01. The Hall–Kier alpha value is -1.91. The van der Waals surface area contributed by atoms with E-state index >= 15 is 0 Å². The molecule has 9 nitrogen and oxygen atoms in total. The first-order chi connectivity index (χ1) is 9.62. The third-order valence-electron chi connectivity index (χ3n) is 2.46. The second kappa shape index (κ2) is 6.50. The number of aromatic amines is 1. The molecule has 0 unspecified atom stereocenters. The third-order valence-corrected chi connectivity index (χ3v) is 3.78. The van der Waals surface area contributed by atoms with Crippen molar-refractivity contribution in [3.63, 3.8) is 0 Å². The molecular weight excluding hydrogens is 282 g/mol. The number of aromatic nitrogens is 5. The largest absolute Gasteiger partial charge is 0.313 e. The zero-order valence-corrected chi connectivity index (χ0v) is 11.7. The zero-order valence-electron chi connectivity index (χ0n) is 10.9. The predicted molar refractivity (Wildman–Crippen MR) is 69.8 cm³/mol. The van der Waals surface area contributed by atoms with Gasteiger partial charge >= 0.3 is 0 Å². The van der Waals surface area contributed by atoms with Crippen LogP contribution in [0.3, 0.4) is 0 Å². The second-order valence-electron chi connectivity index (χ2n) is 3.94. The maximum Gasteiger partial charge on any atom is 0.258 e. The average molecular weight is 297 g/mol. The van der Waals surface area contributed by atoms with Gasteiger partial charge in [-0.15, -0.1) is 10.2 Å². The van der Waals surface area contributed by atoms with Gasteiger partial charge in [0.25, 0.3) is 10.0 Å². The maximum absolute atomic E-state index is 12.0. The molecule has 3 N–H and O–H groups in total. The molecule has 0 fully saturated rings. The van der Waals surface area contributed by atoms with Crippen LogP contribution in [0.5, 0.6) is 0 Å². The van der Waals surface area contributed by atoms with E-state index < -0.39 is 10.0 Å². The minimum Gasteiger partial charge on any atom is -0.313 e. The van der Waals surface area contributed by atoms with Gasteiger partial charge in [-0.1, -0.05) is 18.2 Å². The SMILES string of the molecule is CCNCc1ccc(S(=O)(=O)NCc2nn[nH]n2)nc1. The summed E-state index contributed by atoms with van der Waals surface area (Å²) in [5, 5.41) is 16.0. The highest BCUT2D eigenvalue weighted by Gasteiger charge is 2.16. The molecule has 0 spiro atoms. The van der Waals surface area contributed by atoms with Gasteiger partial charge in [0.2, 0.25) is 0 Å². The lowest BCUT2D eigenvalue weighted by Gasteiger charge is -2.05. The van der Waals surface area contributed by atoms with Crippen LogP contribution in [-0.4, -0.2) is 40.6 Å². The van der Waals surface area contributed by atoms with Gasteiger partial charge < -0.3 is 5.32 Å². The Morgan fingerprint density at radius 3 is 2.75 bits per heavy atom. The van der Waals surface area contributed by atoms with Crippen LogP contribution in [-0.2, 0) is 23.1 Å². The fraction of sp³-hybridized carbons (Fsp3) is 0.400. The molecule has 108 valence electrons. The summed E-state index contributed by atoms with van der Waals surface area (Å²) in [6, 6.07) is 3.18. The lowest BCUT2D eigenvalue weighted by molar-refractivity contribution is 0.575. The molecule has 0 saturated heterocycles. The Labute approximate surface area is 116 Å². The summed E-state index contributed by atoms with van der Waals surface area (Å²) in [6.45, 7) is 3.44. The number of pyridine rings is 1. The number of nitrogens with zero attached hydrogens (tertiary/aromatic N) is 4. The van der Waals surface area contributed by atoms with Gasteiger partial charge in [0, 0.05) is 12.7 Å². The van der Waals surface area contributed by atoms with Gasteiger partial charge in [-0.3, -0.25) is 0 Å². The fourth-order valence-electron chi connectivity index (χ4n) is 1.43. The monoisotopic (exact) mass is 297 g/mol. The van der Waals surface area contributed by atoms with Crippen LogP contribution in [0.1, 0.15) is 18.3 Å². The smallest absolute Gasteiger partial charge is 0.258 e. The Morgan fingerprint density at radius 2 is 2.15 bits per heavy atom. The summed E-state index contributed by atoms with van der Waals surface area (Å²) in [5.41, 5.74) is 0.920. The van der Waals surface area contributed by atoms with E-state index in [1.54, 1.807) is 6.07 Å². The highest BCUT2D eigenvalue weighted by molar-refractivity contribution is 7.89. The standard InChI is InChI=1S/C10H15N7O2S/c1-2-11-5-8-3-4-10(12-6-8)20(18,19)13-7-9-14-16-17-15-9/h3-4,6,11,13H,2,5,7H2,1H3,(H,14,15,16,17). The van der Waals surface area contributed by atoms with E-state index in [1.807, 2.05) is 6.92 Å². The van der Waals surface area contributed by atoms with Crippen molar-refractivity contribution in [1.29, 1.82) is 0 Å². The van der Waals surface area contributed by atoms with Crippen LogP contribution in [0.2, 0.25) is 0 Å². The number of nitrogens with one attached hydrogen (secondary N) is 3. The summed E-state index contributed by atoms with van der Waals surface area (Å²) < 4.78 is 26.3. The van der Waals surface area contributed by atoms with Crippen LogP contribution >= 0.6 is 0 Å². The van der Waals surface area contributed by atoms with Crippen LogP contribution < -0.4 is 10.0 Å². The molecule has 2 aromatic rings. The van der Waals surface area contributed by atoms with Gasteiger partial charge in [0.1, 0.15) is 0 Å². The fourth-order valence-corrected chi connectivity index (χ4v) is 2.34. The molecule has 2 rings (SSSR count). The summed E-state index contributed by atoms with van der Waals surface area (Å²) in [4.78, 5) is 3.95. The first-order valence-electron chi connectivity index (χ1n) is 5.99. The molecule has 20 heavy (non-hydrogen) atoms. The van der Waals surface area contributed by atoms with Crippen LogP contribution in [0.25, 0.3) is 0 Å². The van der Waals surface area contributed by atoms with E-state index in [1.165, 1.54) is 12.3 Å². The van der Waals surface area contributed by atoms with Crippen molar-refractivity contribution in [3.05, 3.63) is 29.7 Å². The van der Waals surface area contributed by atoms with Crippen LogP contribution in [0.15, 0.2) is 23.4 Å². The maximum atomic E-state index is 12.0. The van der Waals surface area contributed by atoms with Gasteiger partial charge in [-0.05, 0) is 18.2 Å². The molecular formula is C10H15N7O2S. The van der Waals surface area contributed by atoms with Crippen molar-refractivity contribution in [2.24, 2.45) is 0 Å². The molecule has 0 aliphatic rings. The van der Waals surface area contributed by atoms with E-state index in [0.29, 0.717) is 6.54 Å². The molecule has 0 bridgehead atoms. The first kappa shape index (κ1) is 14.5. The highest BCUT2D eigenvalue weighted by atomic mass is 32.2. The Morgan fingerprint density at radius 1 is 1.30 bits per heavy atom. The van der Waals surface area contributed by atoms with Gasteiger partial charge in [0.15, 0.2) is 10.9 Å². The number of hydrogen-bond acceptors (Lipinski definition) is 7. The number of rotatable bonds is 7. The molecule has 0 aliphatic carbocycles. The quantitative estimate of drug-likeness (QED) is 0.609. The second-order valence-corrected chi connectivity index (χ2v) is 5.65. The van der Waals surface area contributed by atoms with Crippen molar-refractivity contribution in [3.8, 4) is 0 Å². The number of tetrazole rings is 1. The van der Waals surface area contributed by atoms with E-state index in [2.05, 4.69) is 35.6 Å². The van der Waals surface area contributed by atoms with E-state index in [-0.39, 0.29) is 17.4 Å². The molecule has 2 aromatic heterocycles. The predicted octanol–water partition coefficient (Wildman–Crippen LogP) is -0.817. The average Bonchev–Trinajstić information content (AvgIpc) is 2.97. The number of H-pyrrole nitrogens is 1. The Bertz CT molecular complexity index is 624. The van der Waals surface area contributed by atoms with Gasteiger partial charge in [0.05, 0.1) is 6.54 Å². The van der Waals surface area contributed by atoms with Crippen molar-refractivity contribution in [2.75, 3.05) is 6.54 Å². The van der Waals surface area contributed by atoms with E-state index in [0.717, 1.165) is 12.1 Å². The molecule has 0 aromatic carbocycles. The summed E-state index contributed by atoms with van der Waals surface area (Å²) in [6.07, 6.45) is 1.53.